The Morgan fingerprint density at radius 3 is 2.76 bits per heavy atom. The van der Waals surface area contributed by atoms with Crippen molar-refractivity contribution in [3.8, 4) is 5.75 Å². The van der Waals surface area contributed by atoms with E-state index < -0.39 is 29.7 Å². The maximum absolute atomic E-state index is 11.9. The van der Waals surface area contributed by atoms with Gasteiger partial charge < -0.3 is 15.0 Å². The number of hydroxylamine groups is 3. The number of hydrogen-bond donors (Lipinski definition) is 1. The summed E-state index contributed by atoms with van der Waals surface area (Å²) in [7, 11) is 2.86. The molecule has 0 spiro atoms. The number of nitrogens with zero attached hydrogens (tertiary/aromatic N) is 1. The van der Waals surface area contributed by atoms with Crippen LogP contribution in [0.1, 0.15) is 38.5 Å². The summed E-state index contributed by atoms with van der Waals surface area (Å²) in [4.78, 5) is 0. The molecule has 1 rings (SSSR count). The van der Waals surface area contributed by atoms with Gasteiger partial charge in [-0.25, -0.2) is 0 Å². The molecule has 0 aliphatic carbocycles. The minimum absolute atomic E-state index is 0.0630. The second-order valence-electron chi connectivity index (χ2n) is 4.95. The van der Waals surface area contributed by atoms with Crippen LogP contribution in [0.2, 0.25) is 0 Å². The lowest BCUT2D eigenvalue weighted by atomic mass is 9.85. The Balaban J connectivity index is 3.33. The zero-order valence-corrected chi connectivity index (χ0v) is 10.5. The van der Waals surface area contributed by atoms with Crippen molar-refractivity contribution in [2.45, 2.75) is 26.1 Å². The van der Waals surface area contributed by atoms with Gasteiger partial charge in [0.25, 0.3) is 0 Å². The van der Waals surface area contributed by atoms with Gasteiger partial charge in [0.05, 0.1) is 20.6 Å². The summed E-state index contributed by atoms with van der Waals surface area (Å²) in [5.41, 5.74) is 0.377. The van der Waals surface area contributed by atoms with Gasteiger partial charge in [-0.1, -0.05) is 25.9 Å². The van der Waals surface area contributed by atoms with Crippen LogP contribution in [-0.2, 0) is 0 Å². The molecule has 0 fully saturated rings. The summed E-state index contributed by atoms with van der Waals surface area (Å²) in [6.45, 7) is -1.11. The molecule has 3 nitrogen and oxygen atoms in total. The molecule has 0 radical (unpaired) electrons. The van der Waals surface area contributed by atoms with Crippen LogP contribution in [0.4, 0.5) is 0 Å². The lowest BCUT2D eigenvalue weighted by Gasteiger charge is -2.38. The van der Waals surface area contributed by atoms with Crippen LogP contribution < -0.4 is 0 Å². The van der Waals surface area contributed by atoms with Crippen molar-refractivity contribution in [2.75, 3.05) is 20.6 Å². The molecule has 0 amide bonds. The largest absolute Gasteiger partial charge is 0.633 e. The monoisotopic (exact) mass is 242 g/mol. The molecule has 0 saturated carbocycles. The van der Waals surface area contributed by atoms with Crippen LogP contribution in [-0.4, -0.2) is 30.4 Å². The topological polar surface area (TPSA) is 43.3 Å². The van der Waals surface area contributed by atoms with E-state index in [9.17, 15) is 10.3 Å². The Hall–Kier alpha value is -1.06. The van der Waals surface area contributed by atoms with E-state index in [0.29, 0.717) is 5.56 Å². The average molecular weight is 242 g/mol. The van der Waals surface area contributed by atoms with E-state index in [-0.39, 0.29) is 12.3 Å². The number of phenolic OH excluding ortho intramolecular Hbond substituents is 1. The van der Waals surface area contributed by atoms with Crippen LogP contribution in [0.25, 0.3) is 0 Å². The van der Waals surface area contributed by atoms with Gasteiger partial charge in [0, 0.05) is 12.8 Å². The minimum atomic E-state index is -2.84. The van der Waals surface area contributed by atoms with Crippen molar-refractivity contribution in [3.63, 3.8) is 0 Å². The predicted molar refractivity (Wildman–Crippen MR) is 70.6 cm³/mol. The summed E-state index contributed by atoms with van der Waals surface area (Å²) < 4.78 is 38.1. The first-order chi connectivity index (χ1) is 9.75. The zero-order chi connectivity index (χ0) is 17.3. The van der Waals surface area contributed by atoms with Crippen LogP contribution in [0.15, 0.2) is 24.3 Å². The molecule has 1 N–H and O–H groups in total. The second-order valence-corrected chi connectivity index (χ2v) is 4.95. The molecule has 0 aromatic heterocycles. The molecular formula is C14H23NO2. The number of benzene rings is 1. The molecule has 0 bridgehead atoms. The lowest BCUT2D eigenvalue weighted by molar-refractivity contribution is -0.843. The van der Waals surface area contributed by atoms with Gasteiger partial charge >= 0.3 is 0 Å². The third kappa shape index (κ3) is 4.36. The summed E-state index contributed by atoms with van der Waals surface area (Å²) >= 11 is 0. The van der Waals surface area contributed by atoms with Gasteiger partial charge in [0.15, 0.2) is 0 Å². The number of aromatic hydroxyl groups is 1. The molecule has 17 heavy (non-hydrogen) atoms. The van der Waals surface area contributed by atoms with E-state index in [1.165, 1.54) is 32.3 Å². The number of rotatable bonds is 5. The zero-order valence-electron chi connectivity index (χ0n) is 15.5. The normalized spacial score (nSPS) is 21.5. The van der Waals surface area contributed by atoms with E-state index in [4.69, 9.17) is 6.85 Å². The fourth-order valence-electron chi connectivity index (χ4n) is 2.07. The Morgan fingerprint density at radius 1 is 1.53 bits per heavy atom. The molecule has 0 aliphatic rings. The maximum Gasteiger partial charge on any atom is 0.115 e. The predicted octanol–water partition coefficient (Wildman–Crippen LogP) is 3.10. The second kappa shape index (κ2) is 5.52. The average Bonchev–Trinajstić information content (AvgIpc) is 2.24. The highest BCUT2D eigenvalue weighted by atomic mass is 16.5. The Labute approximate surface area is 111 Å². The van der Waals surface area contributed by atoms with E-state index in [1.54, 1.807) is 13.0 Å². The van der Waals surface area contributed by atoms with Crippen molar-refractivity contribution in [2.24, 2.45) is 5.92 Å². The third-order valence-corrected chi connectivity index (χ3v) is 2.68. The van der Waals surface area contributed by atoms with Crippen molar-refractivity contribution >= 4 is 0 Å². The van der Waals surface area contributed by atoms with Gasteiger partial charge in [-0.2, -0.15) is 0 Å². The maximum atomic E-state index is 11.9. The smallest absolute Gasteiger partial charge is 0.115 e. The first-order valence-electron chi connectivity index (χ1n) is 8.08. The van der Waals surface area contributed by atoms with E-state index >= 15 is 0 Å². The number of phenols is 1. The molecule has 1 aromatic rings. The lowest BCUT2D eigenvalue weighted by Crippen LogP contribution is -2.38. The fraction of sp³-hybridized carbons (Fsp3) is 0.571. The number of hydrogen-bond acceptors (Lipinski definition) is 2. The SMILES string of the molecule is [2H]C([2H])([2H])C([2H])([2H])[C@@H](c1cccc(O)c1)[C@@H](C)C[N+](C)(C)[O-]. The van der Waals surface area contributed by atoms with Gasteiger partial charge in [0.1, 0.15) is 5.75 Å². The van der Waals surface area contributed by atoms with E-state index in [0.717, 1.165) is 0 Å². The molecule has 2 atom stereocenters. The van der Waals surface area contributed by atoms with Crippen molar-refractivity contribution in [1.82, 2.24) is 0 Å². The van der Waals surface area contributed by atoms with Crippen molar-refractivity contribution in [1.29, 1.82) is 0 Å². The molecular weight excluding hydrogens is 214 g/mol. The Morgan fingerprint density at radius 2 is 2.24 bits per heavy atom. The summed E-state index contributed by atoms with van der Waals surface area (Å²) in [6.07, 6.45) is -2.52. The molecule has 0 aliphatic heterocycles. The van der Waals surface area contributed by atoms with E-state index in [2.05, 4.69) is 0 Å². The van der Waals surface area contributed by atoms with Gasteiger partial charge in [-0.15, -0.1) is 0 Å². The first kappa shape index (κ1) is 8.11. The van der Waals surface area contributed by atoms with Gasteiger partial charge in [-0.05, 0) is 30.0 Å². The molecule has 96 valence electrons. The molecule has 1 aromatic carbocycles. The highest BCUT2D eigenvalue weighted by Crippen LogP contribution is 2.30. The molecule has 0 saturated heterocycles. The van der Waals surface area contributed by atoms with Crippen molar-refractivity contribution < 1.29 is 16.6 Å². The highest BCUT2D eigenvalue weighted by molar-refractivity contribution is 5.30. The number of quaternary nitrogens is 1. The molecule has 0 unspecified atom stereocenters. The van der Waals surface area contributed by atoms with Gasteiger partial charge in [-0.3, -0.25) is 0 Å². The quantitative estimate of drug-likeness (QED) is 0.637. The van der Waals surface area contributed by atoms with Crippen LogP contribution >= 0.6 is 0 Å². The first-order valence-corrected chi connectivity index (χ1v) is 5.58. The Bertz CT molecular complexity index is 511. The molecule has 3 heteroatoms. The summed E-state index contributed by atoms with van der Waals surface area (Å²) in [6, 6.07) is 5.91. The minimum Gasteiger partial charge on any atom is -0.633 e. The highest BCUT2D eigenvalue weighted by Gasteiger charge is 2.21. The summed E-state index contributed by atoms with van der Waals surface area (Å²) in [5.74, 6) is -1.62. The van der Waals surface area contributed by atoms with Gasteiger partial charge in [0.2, 0.25) is 0 Å². The van der Waals surface area contributed by atoms with E-state index in [1.807, 2.05) is 0 Å². The molecule has 0 heterocycles. The van der Waals surface area contributed by atoms with Crippen LogP contribution in [0.3, 0.4) is 0 Å². The third-order valence-electron chi connectivity index (χ3n) is 2.68. The Kier molecular flexibility index (Phi) is 2.63. The van der Waals surface area contributed by atoms with Crippen LogP contribution in [0.5, 0.6) is 5.75 Å². The fourth-order valence-corrected chi connectivity index (χ4v) is 2.07. The summed E-state index contributed by atoms with van der Waals surface area (Å²) in [5, 5.41) is 21.5. The van der Waals surface area contributed by atoms with Crippen LogP contribution in [0, 0.1) is 11.1 Å². The standard InChI is InChI=1S/C14H23NO2/c1-5-14(11(2)10-15(3,4)17)12-7-6-8-13(16)9-12/h6-9,11,14,16H,5,10H2,1-4H3/t11-,14+/m0/s1/i1D3,5D2. The van der Waals surface area contributed by atoms with Crippen molar-refractivity contribution in [3.05, 3.63) is 35.0 Å².